The largest absolute Gasteiger partial charge is 0.452 e. The van der Waals surface area contributed by atoms with Gasteiger partial charge in [0.15, 0.2) is 6.61 Å². The van der Waals surface area contributed by atoms with E-state index in [1.54, 1.807) is 19.1 Å². The van der Waals surface area contributed by atoms with Crippen LogP contribution < -0.4 is 5.32 Å². The highest BCUT2D eigenvalue weighted by Crippen LogP contribution is 2.27. The number of benzene rings is 1. The molecule has 0 saturated heterocycles. The van der Waals surface area contributed by atoms with E-state index >= 15 is 0 Å². The Kier molecular flexibility index (Phi) is 6.78. The van der Waals surface area contributed by atoms with Crippen LogP contribution in [0.15, 0.2) is 42.5 Å². The minimum atomic E-state index is -0.696. The minimum Gasteiger partial charge on any atom is -0.452 e. The van der Waals surface area contributed by atoms with Crippen LogP contribution in [-0.4, -0.2) is 23.4 Å². The quantitative estimate of drug-likeness (QED) is 0.285. The summed E-state index contributed by atoms with van der Waals surface area (Å²) in [7, 11) is 0. The molecule has 1 N–H and O–H groups in total. The standard InChI is InChI=1S/C14H13ClN2O5/c1-2-3-4-5-14(19)22-9-13(18)16-11-7-6-10(15)8-12(11)17(20)21/h2-8H,9H2,1H3,(H,16,18)/b3-2+,5-4+. The zero-order chi connectivity index (χ0) is 16.5. The third-order valence-corrected chi connectivity index (χ3v) is 2.55. The van der Waals surface area contributed by atoms with Crippen molar-refractivity contribution in [2.24, 2.45) is 0 Å². The monoisotopic (exact) mass is 324 g/mol. The number of halogens is 1. The second-order valence-electron chi connectivity index (χ2n) is 3.96. The maximum Gasteiger partial charge on any atom is 0.331 e. The van der Waals surface area contributed by atoms with Crippen LogP contribution in [0.1, 0.15) is 6.92 Å². The lowest BCUT2D eigenvalue weighted by atomic mass is 10.2. The highest BCUT2D eigenvalue weighted by atomic mass is 35.5. The number of ether oxygens (including phenoxy) is 1. The van der Waals surface area contributed by atoms with Gasteiger partial charge in [0.05, 0.1) is 4.92 Å². The number of rotatable bonds is 6. The Bertz CT molecular complexity index is 640. The van der Waals surface area contributed by atoms with E-state index in [0.717, 1.165) is 12.1 Å². The highest BCUT2D eigenvalue weighted by molar-refractivity contribution is 6.31. The Morgan fingerprint density at radius 1 is 1.41 bits per heavy atom. The summed E-state index contributed by atoms with van der Waals surface area (Å²) in [4.78, 5) is 33.1. The van der Waals surface area contributed by atoms with E-state index in [2.05, 4.69) is 10.1 Å². The second kappa shape index (κ2) is 8.58. The van der Waals surface area contributed by atoms with Crippen LogP contribution >= 0.6 is 11.6 Å². The summed E-state index contributed by atoms with van der Waals surface area (Å²) in [5.41, 5.74) is -0.375. The molecule has 1 aromatic carbocycles. The molecule has 0 unspecified atom stereocenters. The predicted octanol–water partition coefficient (Wildman–Crippen LogP) is 2.86. The van der Waals surface area contributed by atoms with Gasteiger partial charge in [0.2, 0.25) is 0 Å². The van der Waals surface area contributed by atoms with Gasteiger partial charge in [0, 0.05) is 17.2 Å². The molecule has 0 radical (unpaired) electrons. The van der Waals surface area contributed by atoms with Crippen molar-refractivity contribution in [2.75, 3.05) is 11.9 Å². The molecular formula is C14H13ClN2O5. The number of hydrogen-bond acceptors (Lipinski definition) is 5. The Balaban J connectivity index is 2.63. The van der Waals surface area contributed by atoms with Gasteiger partial charge in [-0.25, -0.2) is 4.79 Å². The number of allylic oxidation sites excluding steroid dienone is 3. The van der Waals surface area contributed by atoms with Crippen LogP contribution in [0.25, 0.3) is 0 Å². The molecule has 1 aromatic rings. The van der Waals surface area contributed by atoms with Gasteiger partial charge in [-0.15, -0.1) is 0 Å². The van der Waals surface area contributed by atoms with Crippen molar-refractivity contribution in [1.82, 2.24) is 0 Å². The van der Waals surface area contributed by atoms with Gasteiger partial charge in [0.1, 0.15) is 5.69 Å². The van der Waals surface area contributed by atoms with E-state index in [1.807, 2.05) is 0 Å². The molecule has 116 valence electrons. The van der Waals surface area contributed by atoms with Crippen molar-refractivity contribution in [3.8, 4) is 0 Å². The third-order valence-electron chi connectivity index (χ3n) is 2.31. The average molecular weight is 325 g/mol. The van der Waals surface area contributed by atoms with Crippen molar-refractivity contribution in [2.45, 2.75) is 6.92 Å². The Morgan fingerprint density at radius 3 is 2.77 bits per heavy atom. The molecule has 0 heterocycles. The van der Waals surface area contributed by atoms with Gasteiger partial charge in [-0.3, -0.25) is 14.9 Å². The van der Waals surface area contributed by atoms with Crippen molar-refractivity contribution >= 4 is 34.9 Å². The van der Waals surface area contributed by atoms with Crippen LogP contribution in [0.2, 0.25) is 5.02 Å². The van der Waals surface area contributed by atoms with E-state index in [1.165, 1.54) is 18.2 Å². The fourth-order valence-corrected chi connectivity index (χ4v) is 1.54. The number of carbonyl (C=O) groups excluding carboxylic acids is 2. The SMILES string of the molecule is C/C=C/C=C/C(=O)OCC(=O)Nc1ccc(Cl)cc1[N+](=O)[O-]. The zero-order valence-electron chi connectivity index (χ0n) is 11.6. The van der Waals surface area contributed by atoms with Gasteiger partial charge in [-0.2, -0.15) is 0 Å². The number of anilines is 1. The minimum absolute atomic E-state index is 0.0279. The fraction of sp³-hybridized carbons (Fsp3) is 0.143. The van der Waals surface area contributed by atoms with E-state index in [9.17, 15) is 19.7 Å². The molecule has 0 saturated carbocycles. The number of hydrogen-bond donors (Lipinski definition) is 1. The number of nitro groups is 1. The average Bonchev–Trinajstić information content (AvgIpc) is 2.47. The third kappa shape index (κ3) is 5.76. The molecule has 0 atom stereocenters. The van der Waals surface area contributed by atoms with Crippen LogP contribution in [0, 0.1) is 10.1 Å². The van der Waals surface area contributed by atoms with Crippen LogP contribution in [0.3, 0.4) is 0 Å². The van der Waals surface area contributed by atoms with Crippen LogP contribution in [0.4, 0.5) is 11.4 Å². The first-order valence-electron chi connectivity index (χ1n) is 6.14. The van der Waals surface area contributed by atoms with Gasteiger partial charge in [0.25, 0.3) is 11.6 Å². The number of nitrogens with one attached hydrogen (secondary N) is 1. The van der Waals surface area contributed by atoms with E-state index < -0.39 is 23.4 Å². The number of carbonyl (C=O) groups is 2. The molecule has 8 heteroatoms. The van der Waals surface area contributed by atoms with Crippen molar-refractivity contribution in [3.63, 3.8) is 0 Å². The lowest BCUT2D eigenvalue weighted by Gasteiger charge is -2.06. The Morgan fingerprint density at radius 2 is 2.14 bits per heavy atom. The second-order valence-corrected chi connectivity index (χ2v) is 4.40. The molecule has 0 bridgehead atoms. The molecular weight excluding hydrogens is 312 g/mol. The molecule has 1 amide bonds. The number of nitrogens with zero attached hydrogens (tertiary/aromatic N) is 1. The maximum atomic E-state index is 11.6. The number of esters is 1. The Hall–Kier alpha value is -2.67. The van der Waals surface area contributed by atoms with E-state index in [0.29, 0.717) is 0 Å². The van der Waals surface area contributed by atoms with Gasteiger partial charge in [-0.05, 0) is 19.1 Å². The summed E-state index contributed by atoms with van der Waals surface area (Å²) < 4.78 is 4.68. The summed E-state index contributed by atoms with van der Waals surface area (Å²) in [6.45, 7) is 1.22. The summed E-state index contributed by atoms with van der Waals surface area (Å²) in [6.07, 6.45) is 5.96. The van der Waals surface area contributed by atoms with Crippen molar-refractivity contribution in [1.29, 1.82) is 0 Å². The molecule has 7 nitrogen and oxygen atoms in total. The highest BCUT2D eigenvalue weighted by Gasteiger charge is 2.16. The first-order valence-corrected chi connectivity index (χ1v) is 6.51. The fourth-order valence-electron chi connectivity index (χ4n) is 1.38. The summed E-state index contributed by atoms with van der Waals surface area (Å²) in [5.74, 6) is -1.39. The number of nitro benzene ring substituents is 1. The molecule has 1 rings (SSSR count). The maximum absolute atomic E-state index is 11.6. The molecule has 22 heavy (non-hydrogen) atoms. The molecule has 0 fully saturated rings. The van der Waals surface area contributed by atoms with Crippen molar-refractivity contribution in [3.05, 3.63) is 57.6 Å². The Labute approximate surface area is 131 Å². The van der Waals surface area contributed by atoms with Gasteiger partial charge in [-0.1, -0.05) is 29.8 Å². The van der Waals surface area contributed by atoms with E-state index in [4.69, 9.17) is 11.6 Å². The van der Waals surface area contributed by atoms with E-state index in [-0.39, 0.29) is 16.4 Å². The topological polar surface area (TPSA) is 98.5 Å². The first kappa shape index (κ1) is 17.4. The number of amides is 1. The lowest BCUT2D eigenvalue weighted by Crippen LogP contribution is -2.20. The zero-order valence-corrected chi connectivity index (χ0v) is 12.4. The molecule has 0 aliphatic heterocycles. The van der Waals surface area contributed by atoms with Crippen LogP contribution in [0.5, 0.6) is 0 Å². The molecule has 0 aliphatic carbocycles. The normalized spacial score (nSPS) is 10.8. The smallest absolute Gasteiger partial charge is 0.331 e. The molecule has 0 aliphatic rings. The predicted molar refractivity (Wildman–Crippen MR) is 81.6 cm³/mol. The summed E-state index contributed by atoms with van der Waals surface area (Å²) in [5, 5.41) is 13.3. The summed E-state index contributed by atoms with van der Waals surface area (Å²) in [6, 6.07) is 3.81. The van der Waals surface area contributed by atoms with Gasteiger partial charge < -0.3 is 10.1 Å². The molecule has 0 spiro atoms. The van der Waals surface area contributed by atoms with Crippen molar-refractivity contribution < 1.29 is 19.2 Å². The van der Waals surface area contributed by atoms with Gasteiger partial charge >= 0.3 is 5.97 Å². The lowest BCUT2D eigenvalue weighted by molar-refractivity contribution is -0.383. The molecule has 0 aromatic heterocycles. The van der Waals surface area contributed by atoms with Crippen LogP contribution in [-0.2, 0) is 14.3 Å². The summed E-state index contributed by atoms with van der Waals surface area (Å²) >= 11 is 5.66. The first-order chi connectivity index (χ1) is 10.4.